The summed E-state index contributed by atoms with van der Waals surface area (Å²) in [6.45, 7) is 0.853. The van der Waals surface area contributed by atoms with Gasteiger partial charge >= 0.3 is 0 Å². The third kappa shape index (κ3) is 1.97. The fraction of sp³-hybridized carbons (Fsp3) is 0.778. The SMILES string of the molecule is NC(=O)[C@@H]1CCCN1C(=S)NC1CC1. The topological polar surface area (TPSA) is 58.4 Å². The second-order valence-corrected chi connectivity index (χ2v) is 4.36. The highest BCUT2D eigenvalue weighted by molar-refractivity contribution is 7.80. The Balaban J connectivity index is 1.93. The molecule has 1 atom stereocenters. The minimum Gasteiger partial charge on any atom is -0.368 e. The predicted octanol–water partition coefficient (Wildman–Crippen LogP) is -0.0270. The highest BCUT2D eigenvalue weighted by atomic mass is 32.1. The van der Waals surface area contributed by atoms with E-state index in [2.05, 4.69) is 5.32 Å². The Morgan fingerprint density at radius 3 is 2.71 bits per heavy atom. The van der Waals surface area contributed by atoms with Crippen molar-refractivity contribution in [1.82, 2.24) is 10.2 Å². The Morgan fingerprint density at radius 1 is 1.43 bits per heavy atom. The van der Waals surface area contributed by atoms with Gasteiger partial charge < -0.3 is 16.0 Å². The van der Waals surface area contributed by atoms with Crippen molar-refractivity contribution in [3.05, 3.63) is 0 Å². The van der Waals surface area contributed by atoms with E-state index in [9.17, 15) is 4.79 Å². The molecule has 1 saturated heterocycles. The molecule has 4 nitrogen and oxygen atoms in total. The standard InChI is InChI=1S/C9H15N3OS/c10-8(13)7-2-1-5-12(7)9(14)11-6-3-4-6/h6-7H,1-5H2,(H2,10,13)(H,11,14)/t7-/m0/s1. The van der Waals surface area contributed by atoms with Gasteiger partial charge in [0.2, 0.25) is 5.91 Å². The molecule has 2 rings (SSSR count). The number of nitrogens with two attached hydrogens (primary N) is 1. The third-order valence-electron chi connectivity index (χ3n) is 2.75. The zero-order valence-corrected chi connectivity index (χ0v) is 8.85. The number of likely N-dealkylation sites (tertiary alicyclic amines) is 1. The van der Waals surface area contributed by atoms with Crippen LogP contribution in [-0.4, -0.2) is 34.5 Å². The molecule has 1 saturated carbocycles. The fourth-order valence-corrected chi connectivity index (χ4v) is 2.18. The smallest absolute Gasteiger partial charge is 0.240 e. The second kappa shape index (κ2) is 3.73. The molecule has 2 aliphatic rings. The lowest BCUT2D eigenvalue weighted by Gasteiger charge is -2.25. The quantitative estimate of drug-likeness (QED) is 0.633. The highest BCUT2D eigenvalue weighted by Crippen LogP contribution is 2.22. The van der Waals surface area contributed by atoms with Gasteiger partial charge in [0.05, 0.1) is 0 Å². The molecule has 78 valence electrons. The van der Waals surface area contributed by atoms with Crippen LogP contribution in [0.25, 0.3) is 0 Å². The molecule has 1 aliphatic carbocycles. The van der Waals surface area contributed by atoms with Crippen molar-refractivity contribution in [2.24, 2.45) is 5.73 Å². The normalized spacial score (nSPS) is 26.3. The molecule has 1 amide bonds. The largest absolute Gasteiger partial charge is 0.368 e. The van der Waals surface area contributed by atoms with Gasteiger partial charge in [-0.1, -0.05) is 0 Å². The maximum atomic E-state index is 11.1. The van der Waals surface area contributed by atoms with E-state index in [1.807, 2.05) is 4.90 Å². The van der Waals surface area contributed by atoms with Gasteiger partial charge in [-0.15, -0.1) is 0 Å². The minimum atomic E-state index is -0.262. The summed E-state index contributed by atoms with van der Waals surface area (Å²) in [6.07, 6.45) is 4.21. The molecule has 5 heteroatoms. The van der Waals surface area contributed by atoms with E-state index in [1.165, 1.54) is 12.8 Å². The maximum absolute atomic E-state index is 11.1. The summed E-state index contributed by atoms with van der Waals surface area (Å²) in [5.41, 5.74) is 5.30. The predicted molar refractivity (Wildman–Crippen MR) is 57.7 cm³/mol. The van der Waals surface area contributed by atoms with Crippen molar-refractivity contribution < 1.29 is 4.79 Å². The molecule has 0 unspecified atom stereocenters. The van der Waals surface area contributed by atoms with Crippen LogP contribution in [0.4, 0.5) is 0 Å². The van der Waals surface area contributed by atoms with Crippen LogP contribution >= 0.6 is 12.2 Å². The summed E-state index contributed by atoms with van der Waals surface area (Å²) < 4.78 is 0. The van der Waals surface area contributed by atoms with Gasteiger partial charge in [0.15, 0.2) is 5.11 Å². The van der Waals surface area contributed by atoms with Gasteiger partial charge in [0.25, 0.3) is 0 Å². The van der Waals surface area contributed by atoms with Crippen molar-refractivity contribution in [2.75, 3.05) is 6.54 Å². The molecule has 14 heavy (non-hydrogen) atoms. The molecule has 0 radical (unpaired) electrons. The summed E-state index contributed by atoms with van der Waals surface area (Å²) in [6, 6.07) is 0.352. The third-order valence-corrected chi connectivity index (χ3v) is 3.10. The molecule has 1 heterocycles. The van der Waals surface area contributed by atoms with Crippen LogP contribution in [0.2, 0.25) is 0 Å². The Kier molecular flexibility index (Phi) is 2.58. The summed E-state index contributed by atoms with van der Waals surface area (Å²) in [4.78, 5) is 13.0. The number of nitrogens with zero attached hydrogens (tertiary/aromatic N) is 1. The van der Waals surface area contributed by atoms with Crippen LogP contribution in [-0.2, 0) is 4.79 Å². The molecular weight excluding hydrogens is 198 g/mol. The molecule has 3 N–H and O–H groups in total. The van der Waals surface area contributed by atoms with E-state index in [1.54, 1.807) is 0 Å². The lowest BCUT2D eigenvalue weighted by molar-refractivity contribution is -0.121. The van der Waals surface area contributed by atoms with Crippen LogP contribution in [0.15, 0.2) is 0 Å². The highest BCUT2D eigenvalue weighted by Gasteiger charge is 2.32. The van der Waals surface area contributed by atoms with Gasteiger partial charge in [-0.25, -0.2) is 0 Å². The van der Waals surface area contributed by atoms with E-state index in [4.69, 9.17) is 18.0 Å². The van der Waals surface area contributed by atoms with E-state index >= 15 is 0 Å². The van der Waals surface area contributed by atoms with Crippen molar-refractivity contribution in [3.63, 3.8) is 0 Å². The number of hydrogen-bond acceptors (Lipinski definition) is 2. The summed E-state index contributed by atoms with van der Waals surface area (Å²) in [5, 5.41) is 3.93. The lowest BCUT2D eigenvalue weighted by Crippen LogP contribution is -2.48. The molecule has 2 fully saturated rings. The molecule has 0 aromatic heterocycles. The first kappa shape index (κ1) is 9.71. The Bertz CT molecular complexity index is 265. The molecular formula is C9H15N3OS. The number of primary amides is 1. The summed E-state index contributed by atoms with van der Waals surface area (Å²) in [7, 11) is 0. The fourth-order valence-electron chi connectivity index (χ4n) is 1.79. The average Bonchev–Trinajstić information content (AvgIpc) is 2.81. The monoisotopic (exact) mass is 213 g/mol. The number of rotatable bonds is 2. The molecule has 1 aliphatic heterocycles. The number of thiocarbonyl (C=S) groups is 1. The Hall–Kier alpha value is -0.840. The van der Waals surface area contributed by atoms with E-state index in [0.29, 0.717) is 11.2 Å². The Labute approximate surface area is 88.8 Å². The van der Waals surface area contributed by atoms with E-state index in [-0.39, 0.29) is 11.9 Å². The minimum absolute atomic E-state index is 0.186. The van der Waals surface area contributed by atoms with Crippen LogP contribution in [0.5, 0.6) is 0 Å². The zero-order valence-electron chi connectivity index (χ0n) is 8.03. The van der Waals surface area contributed by atoms with Gasteiger partial charge in [0.1, 0.15) is 6.04 Å². The number of carbonyl (C=O) groups is 1. The second-order valence-electron chi connectivity index (χ2n) is 3.98. The van der Waals surface area contributed by atoms with Crippen molar-refractivity contribution in [1.29, 1.82) is 0 Å². The van der Waals surface area contributed by atoms with Crippen molar-refractivity contribution in [3.8, 4) is 0 Å². The van der Waals surface area contributed by atoms with Crippen LogP contribution in [0.1, 0.15) is 25.7 Å². The van der Waals surface area contributed by atoms with Gasteiger partial charge in [-0.05, 0) is 37.9 Å². The molecule has 0 spiro atoms. The zero-order chi connectivity index (χ0) is 10.1. The lowest BCUT2D eigenvalue weighted by atomic mass is 10.2. The van der Waals surface area contributed by atoms with Gasteiger partial charge in [-0.2, -0.15) is 0 Å². The maximum Gasteiger partial charge on any atom is 0.240 e. The number of amides is 1. The first-order chi connectivity index (χ1) is 6.68. The van der Waals surface area contributed by atoms with Crippen LogP contribution in [0, 0.1) is 0 Å². The van der Waals surface area contributed by atoms with E-state index < -0.39 is 0 Å². The van der Waals surface area contributed by atoms with Crippen molar-refractivity contribution in [2.45, 2.75) is 37.8 Å². The molecule has 0 bridgehead atoms. The first-order valence-electron chi connectivity index (χ1n) is 5.05. The first-order valence-corrected chi connectivity index (χ1v) is 5.46. The Morgan fingerprint density at radius 2 is 2.14 bits per heavy atom. The number of carbonyl (C=O) groups excluding carboxylic acids is 1. The van der Waals surface area contributed by atoms with Crippen molar-refractivity contribution >= 4 is 23.2 Å². The summed E-state index contributed by atoms with van der Waals surface area (Å²) >= 11 is 5.23. The van der Waals surface area contributed by atoms with Crippen LogP contribution in [0.3, 0.4) is 0 Å². The summed E-state index contributed by atoms with van der Waals surface area (Å²) in [5.74, 6) is -0.262. The average molecular weight is 213 g/mol. The van der Waals surface area contributed by atoms with E-state index in [0.717, 1.165) is 19.4 Å². The molecule has 0 aromatic carbocycles. The van der Waals surface area contributed by atoms with Crippen LogP contribution < -0.4 is 11.1 Å². The van der Waals surface area contributed by atoms with Gasteiger partial charge in [0, 0.05) is 12.6 Å². The molecule has 0 aromatic rings. The number of nitrogens with one attached hydrogen (secondary N) is 1. The number of hydrogen-bond donors (Lipinski definition) is 2. The van der Waals surface area contributed by atoms with Gasteiger partial charge in [-0.3, -0.25) is 4.79 Å².